The lowest BCUT2D eigenvalue weighted by atomic mass is 10.1. The molecule has 2 heterocycles. The number of rotatable bonds is 7. The molecule has 0 spiro atoms. The molecule has 1 saturated heterocycles. The van der Waals surface area contributed by atoms with Crippen LogP contribution in [-0.2, 0) is 25.6 Å². The van der Waals surface area contributed by atoms with Gasteiger partial charge < -0.3 is 14.0 Å². The summed E-state index contributed by atoms with van der Waals surface area (Å²) < 4.78 is 11.8. The first kappa shape index (κ1) is 19.2. The second kappa shape index (κ2) is 8.41. The highest BCUT2D eigenvalue weighted by atomic mass is 32.2. The number of amides is 2. The zero-order chi connectivity index (χ0) is 19.4. The van der Waals surface area contributed by atoms with Crippen molar-refractivity contribution >= 4 is 45.9 Å². The van der Waals surface area contributed by atoms with Crippen LogP contribution in [0.3, 0.4) is 0 Å². The molecule has 0 saturated carbocycles. The number of carbonyl (C=O) groups is 3. The average Bonchev–Trinajstić information content (AvgIpc) is 3.12. The molecule has 1 aliphatic rings. The predicted octanol–water partition coefficient (Wildman–Crippen LogP) is 2.89. The summed E-state index contributed by atoms with van der Waals surface area (Å²) in [7, 11) is 1.52. The monoisotopic (exact) mass is 388 g/mol. The molecule has 3 rings (SSSR count). The van der Waals surface area contributed by atoms with Crippen LogP contribution >= 0.6 is 11.8 Å². The molecular weight excluding hydrogens is 368 g/mol. The van der Waals surface area contributed by atoms with E-state index in [4.69, 9.17) is 9.47 Å². The summed E-state index contributed by atoms with van der Waals surface area (Å²) in [6, 6.07) is 7.58. The van der Waals surface area contributed by atoms with Crippen molar-refractivity contribution in [2.24, 2.45) is 0 Å². The van der Waals surface area contributed by atoms with Crippen molar-refractivity contribution < 1.29 is 23.9 Å². The van der Waals surface area contributed by atoms with E-state index in [1.54, 1.807) is 23.8 Å². The van der Waals surface area contributed by atoms with Crippen LogP contribution in [0.15, 0.2) is 35.4 Å². The number of fused-ring (bicyclic) bond motifs is 1. The molecule has 8 heteroatoms. The number of benzene rings is 1. The molecule has 0 atom stereocenters. The molecule has 142 valence electrons. The molecule has 1 aromatic heterocycles. The van der Waals surface area contributed by atoms with Crippen molar-refractivity contribution in [3.8, 4) is 0 Å². The highest BCUT2D eigenvalue weighted by Crippen LogP contribution is 2.34. The Morgan fingerprint density at radius 3 is 2.78 bits per heavy atom. The minimum Gasteiger partial charge on any atom is -0.465 e. The largest absolute Gasteiger partial charge is 0.465 e. The highest BCUT2D eigenvalue weighted by Gasteiger charge is 2.34. The third kappa shape index (κ3) is 4.06. The molecule has 1 aliphatic heterocycles. The fourth-order valence-corrected chi connectivity index (χ4v) is 3.74. The number of imide groups is 1. The van der Waals surface area contributed by atoms with E-state index in [0.717, 1.165) is 28.2 Å². The Morgan fingerprint density at radius 2 is 2.04 bits per heavy atom. The minimum atomic E-state index is -0.329. The molecule has 1 fully saturated rings. The summed E-state index contributed by atoms with van der Waals surface area (Å²) in [4.78, 5) is 38.0. The van der Waals surface area contributed by atoms with Crippen LogP contribution in [-0.4, -0.2) is 53.5 Å². The van der Waals surface area contributed by atoms with Crippen LogP contribution < -0.4 is 0 Å². The molecule has 7 nitrogen and oxygen atoms in total. The summed E-state index contributed by atoms with van der Waals surface area (Å²) in [6.45, 7) is 2.68. The normalized spacial score (nSPS) is 15.9. The van der Waals surface area contributed by atoms with Crippen LogP contribution in [0.1, 0.15) is 12.5 Å². The number of nitrogens with zero attached hydrogens (tertiary/aromatic N) is 2. The lowest BCUT2D eigenvalue weighted by Crippen LogP contribution is -2.31. The number of ether oxygens (including phenoxy) is 2. The van der Waals surface area contributed by atoms with Crippen LogP contribution in [0.5, 0.6) is 0 Å². The van der Waals surface area contributed by atoms with Gasteiger partial charge in [-0.3, -0.25) is 19.3 Å². The molecular formula is C19H20N2O5S. The fraction of sp³-hybridized carbons (Fsp3) is 0.316. The number of para-hydroxylation sites is 1. The van der Waals surface area contributed by atoms with E-state index < -0.39 is 0 Å². The van der Waals surface area contributed by atoms with Crippen molar-refractivity contribution in [1.29, 1.82) is 0 Å². The number of methoxy groups -OCH3 is 1. The molecule has 0 radical (unpaired) electrons. The second-order valence-corrected chi connectivity index (χ2v) is 6.85. The van der Waals surface area contributed by atoms with E-state index >= 15 is 0 Å². The Morgan fingerprint density at radius 1 is 1.26 bits per heavy atom. The molecule has 0 aliphatic carbocycles. The maximum absolute atomic E-state index is 12.5. The quantitative estimate of drug-likeness (QED) is 0.536. The summed E-state index contributed by atoms with van der Waals surface area (Å²) in [6.07, 6.45) is 3.49. The van der Waals surface area contributed by atoms with E-state index in [9.17, 15) is 14.4 Å². The fourth-order valence-electron chi connectivity index (χ4n) is 2.88. The Balaban J connectivity index is 1.93. The van der Waals surface area contributed by atoms with Gasteiger partial charge >= 0.3 is 5.97 Å². The maximum atomic E-state index is 12.5. The smallest absolute Gasteiger partial charge is 0.325 e. The van der Waals surface area contributed by atoms with Crippen molar-refractivity contribution in [3.05, 3.63) is 40.9 Å². The van der Waals surface area contributed by atoms with Gasteiger partial charge in [-0.05, 0) is 30.8 Å². The van der Waals surface area contributed by atoms with Gasteiger partial charge in [0.25, 0.3) is 11.1 Å². The molecule has 0 unspecified atom stereocenters. The van der Waals surface area contributed by atoms with Gasteiger partial charge in [0.05, 0.1) is 24.7 Å². The number of carbonyl (C=O) groups excluding carboxylic acids is 3. The van der Waals surface area contributed by atoms with Crippen LogP contribution in [0.25, 0.3) is 17.0 Å². The van der Waals surface area contributed by atoms with Gasteiger partial charge in [-0.1, -0.05) is 18.2 Å². The Kier molecular flexibility index (Phi) is 5.98. The molecule has 0 bridgehead atoms. The first-order valence-electron chi connectivity index (χ1n) is 8.53. The maximum Gasteiger partial charge on any atom is 0.325 e. The van der Waals surface area contributed by atoms with Gasteiger partial charge in [0, 0.05) is 29.8 Å². The third-order valence-electron chi connectivity index (χ3n) is 4.10. The van der Waals surface area contributed by atoms with E-state index in [2.05, 4.69) is 0 Å². The zero-order valence-electron chi connectivity index (χ0n) is 15.1. The second-order valence-electron chi connectivity index (χ2n) is 5.86. The summed E-state index contributed by atoms with van der Waals surface area (Å²) in [5.74, 6) is -0.658. The number of esters is 1. The van der Waals surface area contributed by atoms with Crippen molar-refractivity contribution in [2.45, 2.75) is 13.5 Å². The van der Waals surface area contributed by atoms with Crippen LogP contribution in [0, 0.1) is 0 Å². The molecule has 27 heavy (non-hydrogen) atoms. The van der Waals surface area contributed by atoms with Crippen LogP contribution in [0.4, 0.5) is 4.79 Å². The number of aromatic nitrogens is 1. The summed E-state index contributed by atoms with van der Waals surface area (Å²) in [5.41, 5.74) is 1.63. The van der Waals surface area contributed by atoms with Gasteiger partial charge in [-0.2, -0.15) is 0 Å². The Labute approximate surface area is 160 Å². The van der Waals surface area contributed by atoms with Gasteiger partial charge in [-0.25, -0.2) is 0 Å². The van der Waals surface area contributed by atoms with Gasteiger partial charge in [-0.15, -0.1) is 0 Å². The first-order chi connectivity index (χ1) is 13.0. The number of hydrogen-bond donors (Lipinski definition) is 0. The molecule has 2 amide bonds. The number of hydrogen-bond acceptors (Lipinski definition) is 6. The number of thioether (sulfide) groups is 1. The predicted molar refractivity (Wildman–Crippen MR) is 103 cm³/mol. The topological polar surface area (TPSA) is 77.8 Å². The van der Waals surface area contributed by atoms with Crippen LogP contribution in [0.2, 0.25) is 0 Å². The van der Waals surface area contributed by atoms with E-state index in [1.807, 2.05) is 24.3 Å². The summed E-state index contributed by atoms with van der Waals surface area (Å²) >= 11 is 0.909. The Bertz CT molecular complexity index is 918. The lowest BCUT2D eigenvalue weighted by molar-refractivity contribution is -0.143. The SMILES string of the molecule is CCOC(=O)Cn1cc(/C=C2/SC(=O)N(CCOC)C2=O)c2ccccc21. The highest BCUT2D eigenvalue weighted by molar-refractivity contribution is 8.18. The zero-order valence-corrected chi connectivity index (χ0v) is 16.0. The Hall–Kier alpha value is -2.58. The van der Waals surface area contributed by atoms with Crippen molar-refractivity contribution in [3.63, 3.8) is 0 Å². The van der Waals surface area contributed by atoms with E-state index in [0.29, 0.717) is 18.1 Å². The minimum absolute atomic E-state index is 0.0809. The van der Waals surface area contributed by atoms with Gasteiger partial charge in [0.15, 0.2) is 0 Å². The summed E-state index contributed by atoms with van der Waals surface area (Å²) in [5, 5.41) is 0.587. The third-order valence-corrected chi connectivity index (χ3v) is 5.01. The van der Waals surface area contributed by atoms with Gasteiger partial charge in [0.1, 0.15) is 6.54 Å². The molecule has 0 N–H and O–H groups in total. The average molecular weight is 388 g/mol. The van der Waals surface area contributed by atoms with Crippen molar-refractivity contribution in [2.75, 3.05) is 26.9 Å². The van der Waals surface area contributed by atoms with E-state index in [-0.39, 0.29) is 30.2 Å². The first-order valence-corrected chi connectivity index (χ1v) is 9.34. The van der Waals surface area contributed by atoms with E-state index in [1.165, 1.54) is 12.0 Å². The van der Waals surface area contributed by atoms with Gasteiger partial charge in [0.2, 0.25) is 0 Å². The van der Waals surface area contributed by atoms with Crippen molar-refractivity contribution in [1.82, 2.24) is 9.47 Å². The molecule has 2 aromatic rings. The standard InChI is InChI=1S/C19H20N2O5S/c1-3-26-17(22)12-20-11-13(14-6-4-5-7-15(14)20)10-16-18(23)21(8-9-25-2)19(24)27-16/h4-7,10-11H,3,8-9,12H2,1-2H3/b16-10+. The molecule has 1 aromatic carbocycles. The lowest BCUT2D eigenvalue weighted by Gasteiger charge is -2.10.